The van der Waals surface area contributed by atoms with Gasteiger partial charge in [-0.3, -0.25) is 0 Å². The summed E-state index contributed by atoms with van der Waals surface area (Å²) in [4.78, 5) is 0. The van der Waals surface area contributed by atoms with Crippen LogP contribution in [0.2, 0.25) is 0 Å². The molecular weight excluding hydrogens is 209 g/mol. The van der Waals surface area contributed by atoms with Crippen LogP contribution in [0.4, 0.5) is 13.2 Å². The normalized spacial score (nSPS) is 10.4. The van der Waals surface area contributed by atoms with Gasteiger partial charge in [-0.1, -0.05) is 11.8 Å². The van der Waals surface area contributed by atoms with E-state index in [2.05, 4.69) is 16.6 Å². The van der Waals surface area contributed by atoms with Gasteiger partial charge in [-0.25, -0.2) is 0 Å². The molecule has 0 bridgehead atoms. The molecule has 0 saturated heterocycles. The Labute approximate surface area is 84.3 Å². The predicted molar refractivity (Wildman–Crippen MR) is 47.1 cm³/mol. The molecule has 0 aliphatic rings. The van der Waals surface area contributed by atoms with E-state index >= 15 is 0 Å². The van der Waals surface area contributed by atoms with Crippen LogP contribution in [0.25, 0.3) is 0 Å². The molecule has 0 saturated carbocycles. The Hall–Kier alpha value is -1.67. The predicted octanol–water partition coefficient (Wildman–Crippen LogP) is 1.93. The molecule has 0 spiro atoms. The Morgan fingerprint density at radius 2 is 1.80 bits per heavy atom. The van der Waals surface area contributed by atoms with Crippen molar-refractivity contribution in [1.82, 2.24) is 0 Å². The highest BCUT2D eigenvalue weighted by Gasteiger charge is 2.30. The lowest BCUT2D eigenvalue weighted by atomic mass is 10.2. The third-order valence-electron chi connectivity index (χ3n) is 1.40. The number of aliphatic hydroxyl groups is 1. The number of hydrogen-bond donors (Lipinski definition) is 1. The largest absolute Gasteiger partial charge is 0.573 e. The summed E-state index contributed by atoms with van der Waals surface area (Å²) < 4.78 is 38.9. The third-order valence-corrected chi connectivity index (χ3v) is 1.40. The monoisotopic (exact) mass is 216 g/mol. The Morgan fingerprint density at radius 1 is 1.20 bits per heavy atom. The SMILES string of the molecule is OCC#Cc1ccc(OC(F)(F)F)cc1. The molecule has 0 aliphatic heterocycles. The Balaban J connectivity index is 2.73. The molecule has 0 unspecified atom stereocenters. The zero-order chi connectivity index (χ0) is 11.3. The van der Waals surface area contributed by atoms with Crippen LogP contribution in [0.15, 0.2) is 24.3 Å². The average molecular weight is 216 g/mol. The molecule has 0 aromatic heterocycles. The van der Waals surface area contributed by atoms with E-state index in [-0.39, 0.29) is 12.4 Å². The summed E-state index contributed by atoms with van der Waals surface area (Å²) in [6.45, 7) is -0.291. The minimum atomic E-state index is -4.68. The lowest BCUT2D eigenvalue weighted by Crippen LogP contribution is -2.16. The van der Waals surface area contributed by atoms with E-state index < -0.39 is 6.36 Å². The molecule has 1 rings (SSSR count). The first-order chi connectivity index (χ1) is 7.01. The van der Waals surface area contributed by atoms with Gasteiger partial charge in [0.05, 0.1) is 0 Å². The fourth-order valence-corrected chi connectivity index (χ4v) is 0.882. The van der Waals surface area contributed by atoms with Crippen LogP contribution < -0.4 is 4.74 Å². The summed E-state index contributed by atoms with van der Waals surface area (Å²) >= 11 is 0. The first-order valence-corrected chi connectivity index (χ1v) is 3.97. The van der Waals surface area contributed by atoms with Crippen LogP contribution in [0, 0.1) is 11.8 Å². The van der Waals surface area contributed by atoms with Crippen LogP contribution in [-0.4, -0.2) is 18.1 Å². The van der Waals surface area contributed by atoms with Crippen molar-refractivity contribution in [3.63, 3.8) is 0 Å². The number of aliphatic hydroxyl groups excluding tert-OH is 1. The van der Waals surface area contributed by atoms with Gasteiger partial charge >= 0.3 is 6.36 Å². The summed E-state index contributed by atoms with van der Waals surface area (Å²) in [5.74, 6) is 4.63. The van der Waals surface area contributed by atoms with E-state index in [9.17, 15) is 13.2 Å². The van der Waals surface area contributed by atoms with Crippen molar-refractivity contribution in [3.8, 4) is 17.6 Å². The van der Waals surface area contributed by atoms with Crippen molar-refractivity contribution >= 4 is 0 Å². The molecule has 1 aromatic carbocycles. The van der Waals surface area contributed by atoms with Gasteiger partial charge in [0.1, 0.15) is 12.4 Å². The molecule has 2 nitrogen and oxygen atoms in total. The Morgan fingerprint density at radius 3 is 2.27 bits per heavy atom. The Bertz CT molecular complexity index is 370. The number of rotatable bonds is 1. The maximum Gasteiger partial charge on any atom is 0.573 e. The molecule has 5 heteroatoms. The molecule has 1 N–H and O–H groups in total. The number of halogens is 3. The van der Waals surface area contributed by atoms with Crippen molar-refractivity contribution < 1.29 is 23.0 Å². The second-order valence-electron chi connectivity index (χ2n) is 2.53. The first-order valence-electron chi connectivity index (χ1n) is 3.97. The summed E-state index contributed by atoms with van der Waals surface area (Å²) in [5.41, 5.74) is 0.513. The molecule has 0 aliphatic carbocycles. The van der Waals surface area contributed by atoms with Crippen LogP contribution in [-0.2, 0) is 0 Å². The second kappa shape index (κ2) is 4.71. The lowest BCUT2D eigenvalue weighted by molar-refractivity contribution is -0.274. The minimum absolute atomic E-state index is 0.291. The van der Waals surface area contributed by atoms with Gasteiger partial charge in [0.2, 0.25) is 0 Å². The van der Waals surface area contributed by atoms with Crippen molar-refractivity contribution in [1.29, 1.82) is 0 Å². The average Bonchev–Trinajstić information content (AvgIpc) is 2.14. The third kappa shape index (κ3) is 4.38. The molecule has 15 heavy (non-hydrogen) atoms. The summed E-state index contributed by atoms with van der Waals surface area (Å²) in [5, 5.41) is 8.39. The van der Waals surface area contributed by atoms with Gasteiger partial charge in [-0.05, 0) is 24.3 Å². The molecule has 0 fully saturated rings. The van der Waals surface area contributed by atoms with Crippen LogP contribution in [0.1, 0.15) is 5.56 Å². The first kappa shape index (κ1) is 11.4. The van der Waals surface area contributed by atoms with E-state index in [1.165, 1.54) is 12.1 Å². The molecule has 0 amide bonds. The van der Waals surface area contributed by atoms with Crippen molar-refractivity contribution in [2.24, 2.45) is 0 Å². The topological polar surface area (TPSA) is 29.5 Å². The van der Waals surface area contributed by atoms with Crippen molar-refractivity contribution in [2.75, 3.05) is 6.61 Å². The number of hydrogen-bond acceptors (Lipinski definition) is 2. The van der Waals surface area contributed by atoms with E-state index in [1.54, 1.807) is 0 Å². The zero-order valence-corrected chi connectivity index (χ0v) is 7.51. The number of alkyl halides is 3. The molecule has 0 radical (unpaired) electrons. The van der Waals surface area contributed by atoms with E-state index in [0.29, 0.717) is 5.56 Å². The fourth-order valence-electron chi connectivity index (χ4n) is 0.882. The zero-order valence-electron chi connectivity index (χ0n) is 7.51. The highest BCUT2D eigenvalue weighted by molar-refractivity contribution is 5.38. The maximum absolute atomic E-state index is 11.8. The summed E-state index contributed by atoms with van der Waals surface area (Å²) in [6.07, 6.45) is -4.68. The van der Waals surface area contributed by atoms with Crippen LogP contribution >= 0.6 is 0 Å². The maximum atomic E-state index is 11.8. The molecule has 0 atom stereocenters. The van der Waals surface area contributed by atoms with Gasteiger partial charge in [-0.15, -0.1) is 13.2 Å². The van der Waals surface area contributed by atoms with Crippen molar-refractivity contribution in [2.45, 2.75) is 6.36 Å². The van der Waals surface area contributed by atoms with Gasteiger partial charge in [0.25, 0.3) is 0 Å². The van der Waals surface area contributed by atoms with Crippen LogP contribution in [0.3, 0.4) is 0 Å². The number of benzene rings is 1. The molecular formula is C10H7F3O2. The summed E-state index contributed by atoms with van der Waals surface area (Å²) in [6, 6.07) is 5.08. The quantitative estimate of drug-likeness (QED) is 0.727. The van der Waals surface area contributed by atoms with Gasteiger partial charge < -0.3 is 9.84 Å². The van der Waals surface area contributed by atoms with Gasteiger partial charge in [0, 0.05) is 5.56 Å². The smallest absolute Gasteiger partial charge is 0.406 e. The van der Waals surface area contributed by atoms with E-state index in [1.807, 2.05) is 0 Å². The molecule has 0 heterocycles. The number of ether oxygens (including phenoxy) is 1. The Kier molecular flexibility index (Phi) is 3.58. The summed E-state index contributed by atoms with van der Waals surface area (Å²) in [7, 11) is 0. The highest BCUT2D eigenvalue weighted by Crippen LogP contribution is 2.22. The van der Waals surface area contributed by atoms with E-state index in [4.69, 9.17) is 5.11 Å². The molecule has 80 valence electrons. The lowest BCUT2D eigenvalue weighted by Gasteiger charge is -2.07. The standard InChI is InChI=1S/C10H7F3O2/c11-10(12,13)15-9-5-3-8(4-6-9)2-1-7-14/h3-6,14H,7H2. The molecule has 1 aromatic rings. The second-order valence-corrected chi connectivity index (χ2v) is 2.53. The highest BCUT2D eigenvalue weighted by atomic mass is 19.4. The van der Waals surface area contributed by atoms with Crippen molar-refractivity contribution in [3.05, 3.63) is 29.8 Å². The van der Waals surface area contributed by atoms with Gasteiger partial charge in [-0.2, -0.15) is 0 Å². The fraction of sp³-hybridized carbons (Fsp3) is 0.200. The minimum Gasteiger partial charge on any atom is -0.406 e. The van der Waals surface area contributed by atoms with Gasteiger partial charge in [0.15, 0.2) is 0 Å². The van der Waals surface area contributed by atoms with E-state index in [0.717, 1.165) is 12.1 Å². The van der Waals surface area contributed by atoms with Crippen LogP contribution in [0.5, 0.6) is 5.75 Å².